The third-order valence-electron chi connectivity index (χ3n) is 4.87. The third-order valence-corrected chi connectivity index (χ3v) is 4.87. The van der Waals surface area contributed by atoms with E-state index in [1.807, 2.05) is 0 Å². The maximum absolute atomic E-state index is 2.48. The quantitative estimate of drug-likeness (QED) is 0.590. The summed E-state index contributed by atoms with van der Waals surface area (Å²) in [6.07, 6.45) is 5.75. The first-order valence-corrected chi connectivity index (χ1v) is 6.04. The van der Waals surface area contributed by atoms with Gasteiger partial charge in [-0.25, -0.2) is 0 Å². The van der Waals surface area contributed by atoms with Crippen LogP contribution in [0.2, 0.25) is 0 Å². The molecule has 0 spiro atoms. The Morgan fingerprint density at radius 3 is 2.31 bits per heavy atom. The summed E-state index contributed by atoms with van der Waals surface area (Å²) in [6, 6.07) is 0. The molecule has 1 aliphatic rings. The van der Waals surface area contributed by atoms with Crippen LogP contribution in [0.3, 0.4) is 0 Å². The highest BCUT2D eigenvalue weighted by atomic mass is 14.5. The summed E-state index contributed by atoms with van der Waals surface area (Å²) in [7, 11) is 0. The molecule has 0 heteroatoms. The highest BCUT2D eigenvalue weighted by Crippen LogP contribution is 2.51. The van der Waals surface area contributed by atoms with Gasteiger partial charge in [-0.15, -0.1) is 0 Å². The van der Waals surface area contributed by atoms with E-state index in [1.165, 1.54) is 25.7 Å². The van der Waals surface area contributed by atoms with Crippen molar-refractivity contribution in [1.29, 1.82) is 0 Å². The minimum atomic E-state index is 0.650. The van der Waals surface area contributed by atoms with E-state index in [-0.39, 0.29) is 0 Å². The minimum Gasteiger partial charge on any atom is -0.0648 e. The van der Waals surface area contributed by atoms with Crippen molar-refractivity contribution >= 4 is 0 Å². The number of hydrogen-bond donors (Lipinski definition) is 0. The van der Waals surface area contributed by atoms with Crippen molar-refractivity contribution in [2.75, 3.05) is 0 Å². The maximum atomic E-state index is 2.48. The summed E-state index contributed by atoms with van der Waals surface area (Å²) in [5.74, 6) is 2.72. The molecule has 0 aliphatic heterocycles. The van der Waals surface area contributed by atoms with Crippen molar-refractivity contribution in [1.82, 2.24) is 0 Å². The van der Waals surface area contributed by atoms with Gasteiger partial charge in [-0.1, -0.05) is 47.5 Å². The molecule has 1 aliphatic carbocycles. The molecule has 3 unspecified atom stereocenters. The van der Waals surface area contributed by atoms with Crippen molar-refractivity contribution in [3.8, 4) is 0 Å². The Hall–Kier alpha value is 0. The van der Waals surface area contributed by atoms with Crippen LogP contribution >= 0.6 is 0 Å². The summed E-state index contributed by atoms with van der Waals surface area (Å²) >= 11 is 0. The van der Waals surface area contributed by atoms with Crippen LogP contribution in [0.1, 0.15) is 60.3 Å². The molecule has 0 bridgehead atoms. The minimum absolute atomic E-state index is 0.650. The molecule has 78 valence electrons. The average Bonchev–Trinajstić information content (AvgIpc) is 2.09. The Labute approximate surface area is 84.1 Å². The van der Waals surface area contributed by atoms with E-state index < -0.39 is 0 Å². The molecule has 0 heterocycles. The van der Waals surface area contributed by atoms with Gasteiger partial charge in [0.25, 0.3) is 0 Å². The molecule has 13 heavy (non-hydrogen) atoms. The first-order valence-electron chi connectivity index (χ1n) is 6.04. The van der Waals surface area contributed by atoms with E-state index in [2.05, 4.69) is 34.6 Å². The van der Waals surface area contributed by atoms with Crippen LogP contribution in [0.15, 0.2) is 0 Å². The molecule has 0 aromatic heterocycles. The second kappa shape index (κ2) is 4.02. The van der Waals surface area contributed by atoms with Gasteiger partial charge in [0.05, 0.1) is 0 Å². The molecule has 0 aromatic rings. The molecule has 3 atom stereocenters. The Kier molecular flexibility index (Phi) is 3.43. The molecule has 0 radical (unpaired) electrons. The van der Waals surface area contributed by atoms with Gasteiger partial charge in [-0.3, -0.25) is 0 Å². The highest BCUT2D eigenvalue weighted by molar-refractivity contribution is 4.91. The van der Waals surface area contributed by atoms with E-state index in [1.54, 1.807) is 0 Å². The highest BCUT2D eigenvalue weighted by Gasteiger charge is 2.41. The van der Waals surface area contributed by atoms with Crippen LogP contribution in [0.25, 0.3) is 0 Å². The lowest BCUT2D eigenvalue weighted by atomic mass is 9.57. The molecule has 0 amide bonds. The summed E-state index contributed by atoms with van der Waals surface area (Å²) < 4.78 is 0. The van der Waals surface area contributed by atoms with Crippen molar-refractivity contribution in [3.63, 3.8) is 0 Å². The van der Waals surface area contributed by atoms with Crippen molar-refractivity contribution in [2.45, 2.75) is 60.3 Å². The van der Waals surface area contributed by atoms with E-state index in [9.17, 15) is 0 Å². The lowest BCUT2D eigenvalue weighted by molar-refractivity contribution is 0.0114. The lowest BCUT2D eigenvalue weighted by Crippen LogP contribution is -2.40. The number of hydrogen-bond acceptors (Lipinski definition) is 0. The fourth-order valence-corrected chi connectivity index (χ4v) is 3.52. The molecule has 1 rings (SSSR count). The van der Waals surface area contributed by atoms with Gasteiger partial charge in [0.15, 0.2) is 0 Å². The average molecular weight is 182 g/mol. The van der Waals surface area contributed by atoms with Gasteiger partial charge in [-0.2, -0.15) is 0 Å². The van der Waals surface area contributed by atoms with Crippen LogP contribution in [-0.2, 0) is 0 Å². The van der Waals surface area contributed by atoms with Crippen LogP contribution in [0, 0.1) is 23.2 Å². The third kappa shape index (κ3) is 1.78. The summed E-state index contributed by atoms with van der Waals surface area (Å²) in [5.41, 5.74) is 0.650. The molecular formula is C13H26. The van der Waals surface area contributed by atoms with Crippen LogP contribution in [0.4, 0.5) is 0 Å². The Bertz CT molecular complexity index is 159. The molecule has 0 aromatic carbocycles. The smallest absolute Gasteiger partial charge is 0.0249 e. The van der Waals surface area contributed by atoms with Gasteiger partial charge in [-0.05, 0) is 36.0 Å². The van der Waals surface area contributed by atoms with Gasteiger partial charge in [0, 0.05) is 0 Å². The van der Waals surface area contributed by atoms with E-state index in [0.717, 1.165) is 17.8 Å². The molecule has 1 saturated carbocycles. The molecule has 1 fully saturated rings. The SMILES string of the molecule is CCC1(C(C)C)CCCC(C)C1C. The maximum Gasteiger partial charge on any atom is -0.0249 e. The standard InChI is InChI=1S/C13H26/c1-6-13(10(2)3)9-7-8-11(4)12(13)5/h10-12H,6-9H2,1-5H3. The van der Waals surface area contributed by atoms with Crippen LogP contribution in [-0.4, -0.2) is 0 Å². The topological polar surface area (TPSA) is 0 Å². The Morgan fingerprint density at radius 2 is 1.92 bits per heavy atom. The predicted octanol–water partition coefficient (Wildman–Crippen LogP) is 4.49. The second-order valence-electron chi connectivity index (χ2n) is 5.40. The molecule has 0 nitrogen and oxygen atoms in total. The van der Waals surface area contributed by atoms with E-state index in [4.69, 9.17) is 0 Å². The zero-order chi connectivity index (χ0) is 10.1. The first kappa shape index (κ1) is 11.1. The normalized spacial score (nSPS) is 41.1. The lowest BCUT2D eigenvalue weighted by Gasteiger charge is -2.48. The zero-order valence-electron chi connectivity index (χ0n) is 10.1. The molecular weight excluding hydrogens is 156 g/mol. The zero-order valence-corrected chi connectivity index (χ0v) is 10.1. The second-order valence-corrected chi connectivity index (χ2v) is 5.40. The van der Waals surface area contributed by atoms with Gasteiger partial charge < -0.3 is 0 Å². The first-order chi connectivity index (χ1) is 6.04. The Balaban J connectivity index is 2.83. The largest absolute Gasteiger partial charge is 0.0648 e. The van der Waals surface area contributed by atoms with Crippen molar-refractivity contribution in [2.24, 2.45) is 23.2 Å². The predicted molar refractivity (Wildman–Crippen MR) is 59.7 cm³/mol. The van der Waals surface area contributed by atoms with E-state index in [0.29, 0.717) is 5.41 Å². The molecule has 0 saturated heterocycles. The summed E-state index contributed by atoms with van der Waals surface area (Å²) in [5, 5.41) is 0. The number of rotatable bonds is 2. The summed E-state index contributed by atoms with van der Waals surface area (Å²) in [6.45, 7) is 12.1. The van der Waals surface area contributed by atoms with Gasteiger partial charge in [0.1, 0.15) is 0 Å². The van der Waals surface area contributed by atoms with Crippen molar-refractivity contribution < 1.29 is 0 Å². The fraction of sp³-hybridized carbons (Fsp3) is 1.00. The Morgan fingerprint density at radius 1 is 1.31 bits per heavy atom. The van der Waals surface area contributed by atoms with Gasteiger partial charge in [0.2, 0.25) is 0 Å². The summed E-state index contributed by atoms with van der Waals surface area (Å²) in [4.78, 5) is 0. The monoisotopic (exact) mass is 182 g/mol. The van der Waals surface area contributed by atoms with Gasteiger partial charge >= 0.3 is 0 Å². The fourth-order valence-electron chi connectivity index (χ4n) is 3.52. The molecule has 0 N–H and O–H groups in total. The van der Waals surface area contributed by atoms with Crippen LogP contribution < -0.4 is 0 Å². The van der Waals surface area contributed by atoms with Crippen LogP contribution in [0.5, 0.6) is 0 Å². The van der Waals surface area contributed by atoms with Crippen molar-refractivity contribution in [3.05, 3.63) is 0 Å². The van der Waals surface area contributed by atoms with E-state index >= 15 is 0 Å².